The number of nitrogens with zero attached hydrogens (tertiary/aromatic N) is 4. The van der Waals surface area contributed by atoms with E-state index in [4.69, 9.17) is 0 Å². The number of benzene rings is 1. The Labute approximate surface area is 130 Å². The average Bonchev–Trinajstić information content (AvgIpc) is 3.22. The summed E-state index contributed by atoms with van der Waals surface area (Å²) in [4.78, 5) is 18.3. The van der Waals surface area contributed by atoms with Crippen LogP contribution < -0.4 is 5.32 Å². The first-order valence-corrected chi connectivity index (χ1v) is 7.71. The first-order valence-electron chi connectivity index (χ1n) is 7.71. The second-order valence-electron chi connectivity index (χ2n) is 5.57. The van der Waals surface area contributed by atoms with Gasteiger partial charge in [0.05, 0.1) is 6.04 Å². The Balaban J connectivity index is 1.61. The summed E-state index contributed by atoms with van der Waals surface area (Å²) >= 11 is 0. The van der Waals surface area contributed by atoms with Gasteiger partial charge in [0.1, 0.15) is 19.2 Å². The topological polar surface area (TPSA) is 63.1 Å². The number of nitrogens with one attached hydrogen (secondary N) is 1. The summed E-state index contributed by atoms with van der Waals surface area (Å²) in [6.07, 6.45) is 5.45. The molecule has 0 radical (unpaired) electrons. The molecule has 0 bridgehead atoms. The molecule has 1 atom stereocenters. The van der Waals surface area contributed by atoms with Crippen LogP contribution in [0, 0.1) is 0 Å². The molecule has 1 saturated heterocycles. The number of aromatic nitrogens is 3. The molecule has 1 aliphatic heterocycles. The van der Waals surface area contributed by atoms with Crippen molar-refractivity contribution >= 4 is 5.91 Å². The molecule has 1 fully saturated rings. The fourth-order valence-electron chi connectivity index (χ4n) is 2.91. The lowest BCUT2D eigenvalue weighted by molar-refractivity contribution is -0.122. The summed E-state index contributed by atoms with van der Waals surface area (Å²) < 4.78 is 1.53. The first kappa shape index (κ1) is 14.7. The van der Waals surface area contributed by atoms with Crippen molar-refractivity contribution in [2.24, 2.45) is 0 Å². The highest BCUT2D eigenvalue weighted by atomic mass is 16.2. The molecule has 6 heteroatoms. The number of amides is 1. The van der Waals surface area contributed by atoms with Crippen molar-refractivity contribution < 1.29 is 4.79 Å². The highest BCUT2D eigenvalue weighted by Crippen LogP contribution is 2.24. The predicted octanol–water partition coefficient (Wildman–Crippen LogP) is 1.23. The Morgan fingerprint density at radius 1 is 1.23 bits per heavy atom. The van der Waals surface area contributed by atoms with E-state index in [0.717, 1.165) is 13.1 Å². The molecule has 1 N–H and O–H groups in total. The molecule has 1 aromatic heterocycles. The third kappa shape index (κ3) is 3.71. The summed E-state index contributed by atoms with van der Waals surface area (Å²) in [6, 6.07) is 10.6. The minimum absolute atomic E-state index is 0.0365. The van der Waals surface area contributed by atoms with Crippen molar-refractivity contribution in [3.8, 4) is 0 Å². The highest BCUT2D eigenvalue weighted by Gasteiger charge is 2.23. The van der Waals surface area contributed by atoms with E-state index in [1.165, 1.54) is 29.4 Å². The molecule has 1 aromatic carbocycles. The Morgan fingerprint density at radius 3 is 2.68 bits per heavy atom. The normalized spacial score (nSPS) is 16.5. The second-order valence-corrected chi connectivity index (χ2v) is 5.57. The molecule has 22 heavy (non-hydrogen) atoms. The highest BCUT2D eigenvalue weighted by molar-refractivity contribution is 5.75. The number of likely N-dealkylation sites (tertiary alicyclic amines) is 1. The molecule has 0 spiro atoms. The van der Waals surface area contributed by atoms with E-state index < -0.39 is 0 Å². The van der Waals surface area contributed by atoms with E-state index in [0.29, 0.717) is 6.54 Å². The molecule has 6 nitrogen and oxygen atoms in total. The summed E-state index contributed by atoms with van der Waals surface area (Å²) in [5, 5.41) is 6.98. The van der Waals surface area contributed by atoms with Crippen LogP contribution in [-0.2, 0) is 11.3 Å². The van der Waals surface area contributed by atoms with Crippen molar-refractivity contribution in [2.75, 3.05) is 19.6 Å². The summed E-state index contributed by atoms with van der Waals surface area (Å²) in [6.45, 7) is 3.02. The summed E-state index contributed by atoms with van der Waals surface area (Å²) in [5.41, 5.74) is 1.26. The number of carbonyl (C=O) groups is 1. The van der Waals surface area contributed by atoms with Crippen LogP contribution in [-0.4, -0.2) is 45.2 Å². The largest absolute Gasteiger partial charge is 0.353 e. The third-order valence-corrected chi connectivity index (χ3v) is 4.03. The van der Waals surface area contributed by atoms with Gasteiger partial charge in [-0.05, 0) is 31.5 Å². The van der Waals surface area contributed by atoms with Crippen molar-refractivity contribution in [2.45, 2.75) is 25.4 Å². The van der Waals surface area contributed by atoms with Gasteiger partial charge in [-0.2, -0.15) is 5.10 Å². The van der Waals surface area contributed by atoms with Crippen LogP contribution in [0.5, 0.6) is 0 Å². The molecule has 2 aromatic rings. The third-order valence-electron chi connectivity index (χ3n) is 4.03. The fourth-order valence-corrected chi connectivity index (χ4v) is 2.91. The van der Waals surface area contributed by atoms with Crippen molar-refractivity contribution in [1.82, 2.24) is 25.0 Å². The van der Waals surface area contributed by atoms with E-state index in [9.17, 15) is 4.79 Å². The number of carbonyl (C=O) groups excluding carboxylic acids is 1. The zero-order valence-corrected chi connectivity index (χ0v) is 12.6. The zero-order chi connectivity index (χ0) is 15.2. The van der Waals surface area contributed by atoms with Crippen LogP contribution in [0.4, 0.5) is 0 Å². The van der Waals surface area contributed by atoms with E-state index >= 15 is 0 Å². The molecule has 0 saturated carbocycles. The zero-order valence-electron chi connectivity index (χ0n) is 12.6. The van der Waals surface area contributed by atoms with Crippen molar-refractivity contribution in [3.63, 3.8) is 0 Å². The lowest BCUT2D eigenvalue weighted by Gasteiger charge is -2.28. The molecule has 1 amide bonds. The molecule has 2 heterocycles. The van der Waals surface area contributed by atoms with Gasteiger partial charge in [-0.1, -0.05) is 30.3 Å². The first-order chi connectivity index (χ1) is 10.8. The van der Waals surface area contributed by atoms with Gasteiger partial charge in [-0.3, -0.25) is 9.69 Å². The fraction of sp³-hybridized carbons (Fsp3) is 0.438. The summed E-state index contributed by atoms with van der Waals surface area (Å²) in [5.74, 6) is -0.0365. The van der Waals surface area contributed by atoms with Gasteiger partial charge in [-0.25, -0.2) is 9.67 Å². The number of hydrogen-bond donors (Lipinski definition) is 1. The van der Waals surface area contributed by atoms with Crippen LogP contribution in [0.3, 0.4) is 0 Å². The summed E-state index contributed by atoms with van der Waals surface area (Å²) in [7, 11) is 0. The van der Waals surface area contributed by atoms with Crippen molar-refractivity contribution in [1.29, 1.82) is 0 Å². The standard InChI is InChI=1S/C16H21N5O/c22-16(11-21-13-17-12-19-21)18-10-15(20-8-4-5-9-20)14-6-2-1-3-7-14/h1-3,6-7,12-13,15H,4-5,8-11H2,(H,18,22)/t15-/m1/s1. The Morgan fingerprint density at radius 2 is 2.00 bits per heavy atom. The van der Waals surface area contributed by atoms with Gasteiger partial charge in [0.15, 0.2) is 0 Å². The van der Waals surface area contributed by atoms with Gasteiger partial charge in [0, 0.05) is 6.54 Å². The average molecular weight is 299 g/mol. The maximum Gasteiger partial charge on any atom is 0.241 e. The molecule has 3 rings (SSSR count). The molecule has 1 aliphatic rings. The SMILES string of the molecule is O=C(Cn1cncn1)NC[C@H](c1ccccc1)N1CCCC1. The maximum absolute atomic E-state index is 12.0. The minimum Gasteiger partial charge on any atom is -0.353 e. The van der Waals surface area contributed by atoms with Gasteiger partial charge in [0.25, 0.3) is 0 Å². The molecule has 116 valence electrons. The van der Waals surface area contributed by atoms with E-state index in [-0.39, 0.29) is 18.5 Å². The lowest BCUT2D eigenvalue weighted by Crippen LogP contribution is -2.38. The lowest BCUT2D eigenvalue weighted by atomic mass is 10.1. The van der Waals surface area contributed by atoms with Crippen LogP contribution in [0.15, 0.2) is 43.0 Å². The Bertz CT molecular complexity index is 578. The molecular formula is C16H21N5O. The van der Waals surface area contributed by atoms with Crippen LogP contribution in [0.25, 0.3) is 0 Å². The van der Waals surface area contributed by atoms with Gasteiger partial charge in [0.2, 0.25) is 5.91 Å². The van der Waals surface area contributed by atoms with Crippen LogP contribution in [0.1, 0.15) is 24.4 Å². The van der Waals surface area contributed by atoms with E-state index in [1.807, 2.05) is 6.07 Å². The maximum atomic E-state index is 12.0. The number of rotatable bonds is 6. The quantitative estimate of drug-likeness (QED) is 0.871. The predicted molar refractivity (Wildman–Crippen MR) is 83.0 cm³/mol. The van der Waals surface area contributed by atoms with Gasteiger partial charge >= 0.3 is 0 Å². The van der Waals surface area contributed by atoms with E-state index in [1.54, 1.807) is 6.33 Å². The van der Waals surface area contributed by atoms with Gasteiger partial charge in [-0.15, -0.1) is 0 Å². The van der Waals surface area contributed by atoms with Crippen LogP contribution in [0.2, 0.25) is 0 Å². The molecule has 0 unspecified atom stereocenters. The Hall–Kier alpha value is -2.21. The van der Waals surface area contributed by atoms with Gasteiger partial charge < -0.3 is 5.32 Å². The van der Waals surface area contributed by atoms with Crippen LogP contribution >= 0.6 is 0 Å². The van der Waals surface area contributed by atoms with E-state index in [2.05, 4.69) is 44.6 Å². The number of hydrogen-bond acceptors (Lipinski definition) is 4. The van der Waals surface area contributed by atoms with Crippen molar-refractivity contribution in [3.05, 3.63) is 48.5 Å². The minimum atomic E-state index is -0.0365. The smallest absolute Gasteiger partial charge is 0.241 e. The monoisotopic (exact) mass is 299 g/mol. The Kier molecular flexibility index (Phi) is 4.80. The molecular weight excluding hydrogens is 278 g/mol. The second kappa shape index (κ2) is 7.17. The molecule has 0 aliphatic carbocycles.